The predicted octanol–water partition coefficient (Wildman–Crippen LogP) is 6.10. The second-order valence-electron chi connectivity index (χ2n) is 7.45. The van der Waals surface area contributed by atoms with Gasteiger partial charge in [-0.1, -0.05) is 51.9 Å². The van der Waals surface area contributed by atoms with Crippen LogP contribution in [0.3, 0.4) is 0 Å². The van der Waals surface area contributed by atoms with Gasteiger partial charge in [0.25, 0.3) is 0 Å². The van der Waals surface area contributed by atoms with E-state index in [-0.39, 0.29) is 12.4 Å². The number of ether oxygens (including phenoxy) is 1. The number of unbranched alkanes of at least 4 members (excludes halogenated alkanes) is 7. The summed E-state index contributed by atoms with van der Waals surface area (Å²) in [6.45, 7) is 7.67. The van der Waals surface area contributed by atoms with Crippen LogP contribution in [0.5, 0.6) is 5.75 Å². The molecule has 1 fully saturated rings. The molecule has 0 aliphatic carbocycles. The average Bonchev–Trinajstić information content (AvgIpc) is 2.63. The third-order valence-electron chi connectivity index (χ3n) is 5.13. The summed E-state index contributed by atoms with van der Waals surface area (Å²) in [4.78, 5) is 0. The number of piperidine rings is 1. The van der Waals surface area contributed by atoms with Gasteiger partial charge in [-0.05, 0) is 63.0 Å². The highest BCUT2D eigenvalue weighted by Gasteiger charge is 2.14. The fourth-order valence-electron chi connectivity index (χ4n) is 3.50. The molecule has 1 aromatic carbocycles. The van der Waals surface area contributed by atoms with Crippen LogP contribution in [0.25, 0.3) is 0 Å². The summed E-state index contributed by atoms with van der Waals surface area (Å²) in [5.74, 6) is 1.02. The molecule has 1 aliphatic heterocycles. The Morgan fingerprint density at radius 3 is 2.31 bits per heavy atom. The van der Waals surface area contributed by atoms with Crippen LogP contribution >= 0.6 is 12.4 Å². The Balaban J connectivity index is 0.00000338. The lowest BCUT2D eigenvalue weighted by atomic mass is 10.1. The van der Waals surface area contributed by atoms with Crippen LogP contribution < -0.4 is 15.4 Å². The van der Waals surface area contributed by atoms with Crippen molar-refractivity contribution in [1.29, 1.82) is 0 Å². The van der Waals surface area contributed by atoms with Crippen molar-refractivity contribution in [3.8, 4) is 5.75 Å². The first-order valence-corrected chi connectivity index (χ1v) is 10.5. The van der Waals surface area contributed by atoms with Crippen LogP contribution in [0, 0.1) is 6.92 Å². The van der Waals surface area contributed by atoms with Gasteiger partial charge >= 0.3 is 0 Å². The monoisotopic (exact) mass is 382 g/mol. The molecule has 2 rings (SSSR count). The summed E-state index contributed by atoms with van der Waals surface area (Å²) in [5.41, 5.74) is 2.53. The van der Waals surface area contributed by atoms with Crippen LogP contribution in [0.1, 0.15) is 76.7 Å². The quantitative estimate of drug-likeness (QED) is 0.428. The van der Waals surface area contributed by atoms with E-state index in [4.69, 9.17) is 4.74 Å². The summed E-state index contributed by atoms with van der Waals surface area (Å²) in [5, 5.41) is 6.97. The van der Waals surface area contributed by atoms with E-state index in [1.165, 1.54) is 62.6 Å². The molecule has 0 amide bonds. The molecule has 3 nitrogen and oxygen atoms in total. The molecule has 0 aromatic heterocycles. The third-order valence-corrected chi connectivity index (χ3v) is 5.13. The molecule has 1 aromatic rings. The van der Waals surface area contributed by atoms with E-state index in [9.17, 15) is 0 Å². The van der Waals surface area contributed by atoms with Gasteiger partial charge in [-0.2, -0.15) is 0 Å². The molecule has 0 bridgehead atoms. The number of nitrogens with one attached hydrogen (secondary N) is 2. The van der Waals surface area contributed by atoms with Crippen molar-refractivity contribution in [1.82, 2.24) is 5.32 Å². The molecule has 1 saturated heterocycles. The Morgan fingerprint density at radius 2 is 1.65 bits per heavy atom. The maximum Gasteiger partial charge on any atom is 0.120 e. The Bertz CT molecular complexity index is 475. The van der Waals surface area contributed by atoms with Crippen molar-refractivity contribution < 1.29 is 4.74 Å². The summed E-state index contributed by atoms with van der Waals surface area (Å²) >= 11 is 0. The first kappa shape index (κ1) is 23.1. The summed E-state index contributed by atoms with van der Waals surface area (Å²) < 4.78 is 6.12. The third kappa shape index (κ3) is 9.14. The summed E-state index contributed by atoms with van der Waals surface area (Å²) in [6, 6.07) is 6.47. The van der Waals surface area contributed by atoms with Gasteiger partial charge < -0.3 is 15.4 Å². The Hall–Kier alpha value is -0.930. The fraction of sp³-hybridized carbons (Fsp3) is 0.727. The van der Waals surface area contributed by atoms with Crippen LogP contribution in [-0.4, -0.2) is 25.7 Å². The van der Waals surface area contributed by atoms with Gasteiger partial charge in [0.05, 0.1) is 0 Å². The zero-order valence-corrected chi connectivity index (χ0v) is 17.6. The molecule has 0 atom stereocenters. The highest BCUT2D eigenvalue weighted by Crippen LogP contribution is 2.24. The fourth-order valence-corrected chi connectivity index (χ4v) is 3.50. The number of benzene rings is 1. The van der Waals surface area contributed by atoms with E-state index in [1.54, 1.807) is 0 Å². The van der Waals surface area contributed by atoms with E-state index in [0.29, 0.717) is 6.10 Å². The normalized spacial score (nSPS) is 14.7. The highest BCUT2D eigenvalue weighted by molar-refractivity contribution is 5.85. The molecule has 0 saturated carbocycles. The smallest absolute Gasteiger partial charge is 0.120 e. The van der Waals surface area contributed by atoms with Gasteiger partial charge in [-0.25, -0.2) is 0 Å². The molecule has 0 radical (unpaired) electrons. The molecule has 1 heterocycles. The van der Waals surface area contributed by atoms with Gasteiger partial charge in [-0.15, -0.1) is 12.4 Å². The number of hydrogen-bond donors (Lipinski definition) is 2. The second-order valence-corrected chi connectivity index (χ2v) is 7.45. The Kier molecular flexibility index (Phi) is 12.6. The number of aryl methyl sites for hydroxylation is 1. The topological polar surface area (TPSA) is 33.3 Å². The molecular weight excluding hydrogens is 344 g/mol. The molecular formula is C22H39ClN2O. The first-order valence-electron chi connectivity index (χ1n) is 10.5. The van der Waals surface area contributed by atoms with Gasteiger partial charge in [0.2, 0.25) is 0 Å². The maximum absolute atomic E-state index is 6.12. The van der Waals surface area contributed by atoms with E-state index >= 15 is 0 Å². The number of hydrogen-bond acceptors (Lipinski definition) is 3. The second kappa shape index (κ2) is 14.2. The van der Waals surface area contributed by atoms with E-state index in [1.807, 2.05) is 0 Å². The lowest BCUT2D eigenvalue weighted by Gasteiger charge is -2.24. The minimum Gasteiger partial charge on any atom is -0.490 e. The van der Waals surface area contributed by atoms with E-state index < -0.39 is 0 Å². The van der Waals surface area contributed by atoms with Gasteiger partial charge in [0, 0.05) is 12.2 Å². The summed E-state index contributed by atoms with van der Waals surface area (Å²) in [6.07, 6.45) is 13.6. The van der Waals surface area contributed by atoms with E-state index in [2.05, 4.69) is 42.7 Å². The first-order chi connectivity index (χ1) is 12.3. The standard InChI is InChI=1S/C22H38N2O.ClH/c1-3-4-5-6-7-8-9-10-15-24-22-12-11-21(18-19(22)2)25-20-13-16-23-17-14-20;/h11-12,18,20,23-24H,3-10,13-17H2,1-2H3;1H. The van der Waals surface area contributed by atoms with Crippen LogP contribution in [0.15, 0.2) is 18.2 Å². The van der Waals surface area contributed by atoms with Gasteiger partial charge in [-0.3, -0.25) is 0 Å². The lowest BCUT2D eigenvalue weighted by molar-refractivity contribution is 0.162. The van der Waals surface area contributed by atoms with Crippen molar-refractivity contribution in [3.05, 3.63) is 23.8 Å². The van der Waals surface area contributed by atoms with Crippen LogP contribution in [-0.2, 0) is 0 Å². The van der Waals surface area contributed by atoms with Crippen molar-refractivity contribution >= 4 is 18.1 Å². The van der Waals surface area contributed by atoms with Crippen molar-refractivity contribution in [3.63, 3.8) is 0 Å². The highest BCUT2D eigenvalue weighted by atomic mass is 35.5. The lowest BCUT2D eigenvalue weighted by Crippen LogP contribution is -2.34. The molecule has 2 N–H and O–H groups in total. The minimum atomic E-state index is 0. The molecule has 0 spiro atoms. The molecule has 26 heavy (non-hydrogen) atoms. The number of anilines is 1. The van der Waals surface area contributed by atoms with Crippen molar-refractivity contribution in [2.75, 3.05) is 25.0 Å². The number of halogens is 1. The molecule has 150 valence electrons. The molecule has 4 heteroatoms. The molecule has 1 aliphatic rings. The van der Waals surface area contributed by atoms with Gasteiger partial charge in [0.1, 0.15) is 11.9 Å². The average molecular weight is 383 g/mol. The minimum absolute atomic E-state index is 0. The molecule has 0 unspecified atom stereocenters. The van der Waals surface area contributed by atoms with Crippen LogP contribution in [0.4, 0.5) is 5.69 Å². The summed E-state index contributed by atoms with van der Waals surface area (Å²) in [7, 11) is 0. The number of rotatable bonds is 12. The van der Waals surface area contributed by atoms with Gasteiger partial charge in [0.15, 0.2) is 0 Å². The largest absolute Gasteiger partial charge is 0.490 e. The predicted molar refractivity (Wildman–Crippen MR) is 116 cm³/mol. The van der Waals surface area contributed by atoms with Crippen molar-refractivity contribution in [2.45, 2.75) is 84.2 Å². The van der Waals surface area contributed by atoms with E-state index in [0.717, 1.165) is 38.2 Å². The zero-order chi connectivity index (χ0) is 17.7. The Labute approximate surface area is 167 Å². The Morgan fingerprint density at radius 1 is 1.00 bits per heavy atom. The van der Waals surface area contributed by atoms with Crippen LogP contribution in [0.2, 0.25) is 0 Å². The maximum atomic E-state index is 6.12. The van der Waals surface area contributed by atoms with Crippen molar-refractivity contribution in [2.24, 2.45) is 0 Å². The zero-order valence-electron chi connectivity index (χ0n) is 16.8. The SMILES string of the molecule is CCCCCCCCCCNc1ccc(OC2CCNCC2)cc1C.Cl.